The van der Waals surface area contributed by atoms with Crippen LogP contribution < -0.4 is 0 Å². The van der Waals surface area contributed by atoms with Gasteiger partial charge in [0.2, 0.25) is 0 Å². The van der Waals surface area contributed by atoms with Crippen LogP contribution in [-0.2, 0) is 4.74 Å². The van der Waals surface area contributed by atoms with E-state index in [0.29, 0.717) is 10.1 Å². The van der Waals surface area contributed by atoms with Crippen LogP contribution in [0.25, 0.3) is 0 Å². The highest BCUT2D eigenvalue weighted by atomic mass is 32.2. The fourth-order valence-corrected chi connectivity index (χ4v) is 5.53. The molecule has 110 valence electrons. The number of carboxylic acid groups (broad SMARTS) is 1. The van der Waals surface area contributed by atoms with Crippen molar-refractivity contribution in [2.75, 3.05) is 6.61 Å². The molecule has 1 spiro atoms. The number of carboxylic acids is 1. The Morgan fingerprint density at radius 3 is 2.90 bits per heavy atom. The lowest BCUT2D eigenvalue weighted by molar-refractivity contribution is -0.0970. The van der Waals surface area contributed by atoms with Crippen LogP contribution in [-0.4, -0.2) is 28.5 Å². The average Bonchev–Trinajstić information content (AvgIpc) is 2.88. The van der Waals surface area contributed by atoms with Crippen molar-refractivity contribution >= 4 is 29.1 Å². The summed E-state index contributed by atoms with van der Waals surface area (Å²) in [6.07, 6.45) is 8.52. The molecule has 1 unspecified atom stereocenters. The third kappa shape index (κ3) is 3.21. The monoisotopic (exact) mass is 312 g/mol. The first-order valence-electron chi connectivity index (χ1n) is 7.29. The first kappa shape index (κ1) is 14.4. The molecule has 20 heavy (non-hydrogen) atoms. The lowest BCUT2D eigenvalue weighted by Crippen LogP contribution is -2.42. The minimum Gasteiger partial charge on any atom is -0.477 e. The van der Waals surface area contributed by atoms with Gasteiger partial charge in [0.25, 0.3) is 0 Å². The molecule has 2 heterocycles. The predicted molar refractivity (Wildman–Crippen MR) is 81.9 cm³/mol. The van der Waals surface area contributed by atoms with Crippen LogP contribution in [0.4, 0.5) is 0 Å². The third-order valence-corrected chi connectivity index (χ3v) is 6.61. The third-order valence-electron chi connectivity index (χ3n) is 4.30. The van der Waals surface area contributed by atoms with Gasteiger partial charge in [-0.3, -0.25) is 0 Å². The minimum atomic E-state index is -0.822. The van der Waals surface area contributed by atoms with Crippen LogP contribution >= 0.6 is 23.1 Å². The number of ether oxygens (including phenoxy) is 1. The molecule has 0 bridgehead atoms. The molecule has 0 aromatic carbocycles. The molecule has 1 atom stereocenters. The van der Waals surface area contributed by atoms with Gasteiger partial charge in [-0.1, -0.05) is 19.3 Å². The number of hydrogen-bond acceptors (Lipinski definition) is 4. The van der Waals surface area contributed by atoms with Gasteiger partial charge in [0.15, 0.2) is 0 Å². The van der Waals surface area contributed by atoms with E-state index in [1.807, 2.05) is 17.1 Å². The van der Waals surface area contributed by atoms with Crippen molar-refractivity contribution in [3.05, 3.63) is 16.3 Å². The average molecular weight is 312 g/mol. The number of thioether (sulfide) groups is 1. The maximum absolute atomic E-state index is 10.9. The first-order chi connectivity index (χ1) is 9.67. The van der Waals surface area contributed by atoms with Gasteiger partial charge in [0.05, 0.1) is 5.60 Å². The van der Waals surface area contributed by atoms with E-state index < -0.39 is 5.97 Å². The second-order valence-electron chi connectivity index (χ2n) is 5.78. The number of thiophene rings is 1. The van der Waals surface area contributed by atoms with Crippen LogP contribution in [0.1, 0.15) is 54.6 Å². The van der Waals surface area contributed by atoms with E-state index in [9.17, 15) is 4.79 Å². The lowest BCUT2D eigenvalue weighted by atomic mass is 9.80. The van der Waals surface area contributed by atoms with E-state index in [-0.39, 0.29) is 5.60 Å². The smallest absolute Gasteiger partial charge is 0.345 e. The van der Waals surface area contributed by atoms with Crippen molar-refractivity contribution in [1.29, 1.82) is 0 Å². The molecule has 5 heteroatoms. The Morgan fingerprint density at radius 1 is 1.40 bits per heavy atom. The van der Waals surface area contributed by atoms with E-state index in [1.54, 1.807) is 6.07 Å². The Bertz CT molecular complexity index is 472. The van der Waals surface area contributed by atoms with Crippen molar-refractivity contribution < 1.29 is 14.6 Å². The molecule has 1 aliphatic heterocycles. The van der Waals surface area contributed by atoms with Crippen molar-refractivity contribution in [3.8, 4) is 0 Å². The summed E-state index contributed by atoms with van der Waals surface area (Å²) < 4.78 is 6.11. The number of rotatable bonds is 3. The largest absolute Gasteiger partial charge is 0.477 e. The molecule has 1 aromatic heterocycles. The zero-order chi connectivity index (χ0) is 14.0. The molecule has 3 rings (SSSR count). The molecule has 2 aliphatic rings. The number of hydrogen-bond donors (Lipinski definition) is 1. The highest BCUT2D eigenvalue weighted by Crippen LogP contribution is 2.43. The van der Waals surface area contributed by atoms with Crippen LogP contribution in [0.5, 0.6) is 0 Å². The second-order valence-corrected chi connectivity index (χ2v) is 8.06. The topological polar surface area (TPSA) is 46.5 Å². The SMILES string of the molecule is O=C(O)c1cc(SC2CCOC3(CCCCC3)C2)cs1. The Balaban J connectivity index is 1.63. The van der Waals surface area contributed by atoms with Gasteiger partial charge in [-0.15, -0.1) is 23.1 Å². The Morgan fingerprint density at radius 2 is 2.20 bits per heavy atom. The first-order valence-corrected chi connectivity index (χ1v) is 9.05. The normalized spacial score (nSPS) is 25.7. The van der Waals surface area contributed by atoms with Crippen LogP contribution in [0, 0.1) is 0 Å². The Labute approximate surface area is 127 Å². The van der Waals surface area contributed by atoms with Gasteiger partial charge in [0, 0.05) is 22.1 Å². The quantitative estimate of drug-likeness (QED) is 0.897. The van der Waals surface area contributed by atoms with E-state index in [1.165, 1.54) is 43.4 Å². The number of carbonyl (C=O) groups is 1. The highest BCUT2D eigenvalue weighted by Gasteiger charge is 2.38. The van der Waals surface area contributed by atoms with Crippen molar-refractivity contribution in [3.63, 3.8) is 0 Å². The maximum Gasteiger partial charge on any atom is 0.345 e. The van der Waals surface area contributed by atoms with E-state index in [0.717, 1.165) is 24.3 Å². The summed E-state index contributed by atoms with van der Waals surface area (Å²) in [6, 6.07) is 1.81. The molecular formula is C15H20O3S2. The van der Waals surface area contributed by atoms with E-state index in [2.05, 4.69) is 0 Å². The molecule has 1 saturated heterocycles. The number of aromatic carboxylic acids is 1. The second kappa shape index (κ2) is 6.08. The standard InChI is InChI=1S/C15H20O3S2/c16-14(17)13-8-12(10-19-13)20-11-4-7-18-15(9-11)5-2-1-3-6-15/h8,10-11H,1-7,9H2,(H,16,17). The Kier molecular flexibility index (Phi) is 4.38. The molecule has 1 aliphatic carbocycles. The van der Waals surface area contributed by atoms with Gasteiger partial charge in [-0.05, 0) is 31.7 Å². The molecular weight excluding hydrogens is 292 g/mol. The molecule has 0 amide bonds. The van der Waals surface area contributed by atoms with Gasteiger partial charge >= 0.3 is 5.97 Å². The fraction of sp³-hybridized carbons (Fsp3) is 0.667. The summed E-state index contributed by atoms with van der Waals surface area (Å²) in [4.78, 5) is 12.5. The van der Waals surface area contributed by atoms with Gasteiger partial charge in [0.1, 0.15) is 4.88 Å². The molecule has 3 nitrogen and oxygen atoms in total. The predicted octanol–water partition coefficient (Wildman–Crippen LogP) is 4.42. The summed E-state index contributed by atoms with van der Waals surface area (Å²) in [7, 11) is 0. The zero-order valence-electron chi connectivity index (χ0n) is 11.5. The van der Waals surface area contributed by atoms with Crippen LogP contribution in [0.2, 0.25) is 0 Å². The van der Waals surface area contributed by atoms with E-state index >= 15 is 0 Å². The van der Waals surface area contributed by atoms with Crippen LogP contribution in [0.3, 0.4) is 0 Å². The van der Waals surface area contributed by atoms with Crippen molar-refractivity contribution in [1.82, 2.24) is 0 Å². The zero-order valence-corrected chi connectivity index (χ0v) is 13.1. The summed E-state index contributed by atoms with van der Waals surface area (Å²) in [5.74, 6) is -0.822. The molecule has 2 fully saturated rings. The van der Waals surface area contributed by atoms with Crippen LogP contribution in [0.15, 0.2) is 16.3 Å². The molecule has 0 radical (unpaired) electrons. The lowest BCUT2D eigenvalue weighted by Gasteiger charge is -2.43. The minimum absolute atomic E-state index is 0.125. The molecule has 1 N–H and O–H groups in total. The Hall–Kier alpha value is -0.520. The summed E-state index contributed by atoms with van der Waals surface area (Å²) in [6.45, 7) is 0.855. The summed E-state index contributed by atoms with van der Waals surface area (Å²) in [5.41, 5.74) is 0.125. The van der Waals surface area contributed by atoms with Gasteiger partial charge < -0.3 is 9.84 Å². The van der Waals surface area contributed by atoms with Crippen molar-refractivity contribution in [2.45, 2.75) is 60.7 Å². The molecule has 1 aromatic rings. The maximum atomic E-state index is 10.9. The van der Waals surface area contributed by atoms with E-state index in [4.69, 9.17) is 9.84 Å². The summed E-state index contributed by atoms with van der Waals surface area (Å²) >= 11 is 3.16. The molecule has 1 saturated carbocycles. The summed E-state index contributed by atoms with van der Waals surface area (Å²) in [5, 5.41) is 11.5. The van der Waals surface area contributed by atoms with Crippen molar-refractivity contribution in [2.24, 2.45) is 0 Å². The highest BCUT2D eigenvalue weighted by molar-refractivity contribution is 8.00. The van der Waals surface area contributed by atoms with Gasteiger partial charge in [-0.2, -0.15) is 0 Å². The van der Waals surface area contributed by atoms with Gasteiger partial charge in [-0.25, -0.2) is 4.79 Å². The fourth-order valence-electron chi connectivity index (χ4n) is 3.31.